The van der Waals surface area contributed by atoms with Crippen LogP contribution >= 0.6 is 0 Å². The van der Waals surface area contributed by atoms with Crippen molar-refractivity contribution in [2.24, 2.45) is 5.92 Å². The van der Waals surface area contributed by atoms with Crippen LogP contribution in [0, 0.1) is 5.92 Å². The van der Waals surface area contributed by atoms with Gasteiger partial charge in [0.1, 0.15) is 12.1 Å². The van der Waals surface area contributed by atoms with Crippen LogP contribution in [0.15, 0.2) is 36.5 Å². The second-order valence-electron chi connectivity index (χ2n) is 7.36. The van der Waals surface area contributed by atoms with Crippen LogP contribution in [0.2, 0.25) is 0 Å². The first-order valence-electron chi connectivity index (χ1n) is 9.29. The van der Waals surface area contributed by atoms with Crippen LogP contribution in [0.4, 0.5) is 10.5 Å². The molecule has 7 heteroatoms. The summed E-state index contributed by atoms with van der Waals surface area (Å²) in [7, 11) is 0. The second-order valence-corrected chi connectivity index (χ2v) is 7.36. The third-order valence-electron chi connectivity index (χ3n) is 5.72. The molecule has 4 amide bonds. The predicted molar refractivity (Wildman–Crippen MR) is 101 cm³/mol. The molecule has 2 atom stereocenters. The fourth-order valence-electron chi connectivity index (χ4n) is 4.18. The number of nitrogens with zero attached hydrogens (tertiary/aromatic N) is 2. The lowest BCUT2D eigenvalue weighted by Gasteiger charge is -2.36. The fraction of sp³-hybridized carbons (Fsp3) is 0.400. The summed E-state index contributed by atoms with van der Waals surface area (Å²) in [4.78, 5) is 43.2. The van der Waals surface area contributed by atoms with Crippen LogP contribution in [-0.4, -0.2) is 39.8 Å². The van der Waals surface area contributed by atoms with Crippen LogP contribution < -0.4 is 10.6 Å². The number of urea groups is 1. The molecular formula is C20H22N4O3. The summed E-state index contributed by atoms with van der Waals surface area (Å²) in [5.41, 5.74) is 0.526. The molecule has 1 saturated heterocycles. The van der Waals surface area contributed by atoms with Crippen molar-refractivity contribution in [1.29, 1.82) is 0 Å². The van der Waals surface area contributed by atoms with E-state index in [0.717, 1.165) is 35.1 Å². The highest BCUT2D eigenvalue weighted by molar-refractivity contribution is 6.11. The number of benzene rings is 1. The van der Waals surface area contributed by atoms with Gasteiger partial charge in [0.2, 0.25) is 5.91 Å². The van der Waals surface area contributed by atoms with Crippen molar-refractivity contribution in [3.8, 4) is 0 Å². The van der Waals surface area contributed by atoms with Crippen molar-refractivity contribution in [2.45, 2.75) is 38.1 Å². The van der Waals surface area contributed by atoms with E-state index in [2.05, 4.69) is 15.6 Å². The number of pyridine rings is 1. The average molecular weight is 366 g/mol. The van der Waals surface area contributed by atoms with Gasteiger partial charge in [-0.3, -0.25) is 19.5 Å². The molecule has 2 aromatic rings. The largest absolute Gasteiger partial charge is 0.325 e. The zero-order valence-electron chi connectivity index (χ0n) is 15.2. The van der Waals surface area contributed by atoms with Crippen molar-refractivity contribution in [3.05, 3.63) is 36.5 Å². The molecule has 1 aromatic carbocycles. The second kappa shape index (κ2) is 6.64. The predicted octanol–water partition coefficient (Wildman–Crippen LogP) is 2.67. The summed E-state index contributed by atoms with van der Waals surface area (Å²) in [6.45, 7) is 1.69. The molecule has 0 bridgehead atoms. The van der Waals surface area contributed by atoms with E-state index in [4.69, 9.17) is 0 Å². The molecule has 1 spiro atoms. The number of hydrogen-bond acceptors (Lipinski definition) is 4. The quantitative estimate of drug-likeness (QED) is 0.817. The number of rotatable bonds is 3. The monoisotopic (exact) mass is 366 g/mol. The van der Waals surface area contributed by atoms with E-state index in [0.29, 0.717) is 12.1 Å². The molecule has 7 nitrogen and oxygen atoms in total. The highest BCUT2D eigenvalue weighted by Crippen LogP contribution is 2.38. The number of anilines is 1. The molecule has 2 heterocycles. The van der Waals surface area contributed by atoms with Gasteiger partial charge in [0, 0.05) is 11.6 Å². The number of aromatic nitrogens is 1. The first kappa shape index (κ1) is 17.5. The fourth-order valence-corrected chi connectivity index (χ4v) is 4.18. The number of carbonyl (C=O) groups excluding carboxylic acids is 3. The first-order valence-corrected chi connectivity index (χ1v) is 9.29. The zero-order chi connectivity index (χ0) is 19.0. The van der Waals surface area contributed by atoms with Crippen LogP contribution in [0.5, 0.6) is 0 Å². The minimum Gasteiger partial charge on any atom is -0.324 e. The van der Waals surface area contributed by atoms with E-state index in [1.807, 2.05) is 19.1 Å². The molecule has 1 aliphatic carbocycles. The van der Waals surface area contributed by atoms with Gasteiger partial charge < -0.3 is 10.6 Å². The number of imide groups is 1. The van der Waals surface area contributed by atoms with Gasteiger partial charge in [-0.05, 0) is 43.0 Å². The Balaban J connectivity index is 1.51. The summed E-state index contributed by atoms with van der Waals surface area (Å²) >= 11 is 0. The number of fused-ring (bicyclic) bond motifs is 1. The van der Waals surface area contributed by atoms with Crippen molar-refractivity contribution >= 4 is 34.4 Å². The minimum absolute atomic E-state index is 0.0694. The van der Waals surface area contributed by atoms with Gasteiger partial charge in [-0.1, -0.05) is 25.8 Å². The molecule has 0 radical (unpaired) electrons. The smallest absolute Gasteiger partial charge is 0.324 e. The molecule has 2 N–H and O–H groups in total. The Kier molecular flexibility index (Phi) is 4.30. The van der Waals surface area contributed by atoms with Crippen molar-refractivity contribution in [2.75, 3.05) is 11.9 Å². The van der Waals surface area contributed by atoms with Gasteiger partial charge in [-0.15, -0.1) is 0 Å². The molecule has 2 aliphatic rings. The van der Waals surface area contributed by atoms with E-state index >= 15 is 0 Å². The Bertz CT molecular complexity index is 923. The summed E-state index contributed by atoms with van der Waals surface area (Å²) in [5, 5.41) is 6.48. The van der Waals surface area contributed by atoms with Crippen LogP contribution in [0.3, 0.4) is 0 Å². The molecule has 2 fully saturated rings. The van der Waals surface area contributed by atoms with Crippen molar-refractivity contribution < 1.29 is 14.4 Å². The molecule has 1 aliphatic heterocycles. The van der Waals surface area contributed by atoms with Gasteiger partial charge in [-0.2, -0.15) is 0 Å². The summed E-state index contributed by atoms with van der Waals surface area (Å²) in [6.07, 6.45) is 5.17. The van der Waals surface area contributed by atoms with Gasteiger partial charge in [-0.25, -0.2) is 4.79 Å². The van der Waals surface area contributed by atoms with E-state index in [1.165, 1.54) is 0 Å². The van der Waals surface area contributed by atoms with E-state index in [9.17, 15) is 14.4 Å². The van der Waals surface area contributed by atoms with E-state index < -0.39 is 17.5 Å². The van der Waals surface area contributed by atoms with Gasteiger partial charge in [0.05, 0.1) is 11.2 Å². The Morgan fingerprint density at radius 1 is 1.30 bits per heavy atom. The van der Waals surface area contributed by atoms with Gasteiger partial charge in [0.25, 0.3) is 5.91 Å². The summed E-state index contributed by atoms with van der Waals surface area (Å²) in [6, 6.07) is 8.61. The average Bonchev–Trinajstić information content (AvgIpc) is 2.89. The number of nitrogens with one attached hydrogen (secondary N) is 2. The van der Waals surface area contributed by atoms with E-state index in [-0.39, 0.29) is 18.4 Å². The maximum absolute atomic E-state index is 13.0. The zero-order valence-corrected chi connectivity index (χ0v) is 15.2. The number of carbonyl (C=O) groups is 3. The summed E-state index contributed by atoms with van der Waals surface area (Å²) in [5.74, 6) is -0.621. The molecule has 1 aromatic heterocycles. The normalized spacial score (nSPS) is 25.1. The number of amides is 4. The Labute approximate surface area is 157 Å². The molecule has 0 unspecified atom stereocenters. The summed E-state index contributed by atoms with van der Waals surface area (Å²) < 4.78 is 0. The van der Waals surface area contributed by atoms with Crippen molar-refractivity contribution in [3.63, 3.8) is 0 Å². The highest BCUT2D eigenvalue weighted by Gasteiger charge is 2.55. The van der Waals surface area contributed by atoms with E-state index in [1.54, 1.807) is 24.4 Å². The lowest BCUT2D eigenvalue weighted by Crippen LogP contribution is -2.54. The standard InChI is InChI=1S/C20H22N4O3/c1-13-6-2-3-10-20(13)18(26)24(19(27)23-20)12-17(25)22-16-9-4-8-15-14(16)7-5-11-21-15/h4-5,7-9,11,13H,2-3,6,10,12H2,1H3,(H,22,25)(H,23,27)/t13-,20+/m1/s1. The lowest BCUT2D eigenvalue weighted by atomic mass is 9.73. The maximum atomic E-state index is 13.0. The lowest BCUT2D eigenvalue weighted by molar-refractivity contribution is -0.136. The maximum Gasteiger partial charge on any atom is 0.325 e. The first-order chi connectivity index (χ1) is 13.0. The number of hydrogen-bond donors (Lipinski definition) is 2. The van der Waals surface area contributed by atoms with Crippen LogP contribution in [0.1, 0.15) is 32.6 Å². The minimum atomic E-state index is -0.848. The molecule has 27 heavy (non-hydrogen) atoms. The molecular weight excluding hydrogens is 344 g/mol. The highest BCUT2D eigenvalue weighted by atomic mass is 16.2. The third-order valence-corrected chi connectivity index (χ3v) is 5.72. The Hall–Kier alpha value is -2.96. The molecule has 140 valence electrons. The van der Waals surface area contributed by atoms with Gasteiger partial charge in [0.15, 0.2) is 0 Å². The SMILES string of the molecule is C[C@@H]1CCCC[C@]12NC(=O)N(CC(=O)Nc1cccc3ncccc13)C2=O. The Morgan fingerprint density at radius 3 is 2.96 bits per heavy atom. The topological polar surface area (TPSA) is 91.4 Å². The Morgan fingerprint density at radius 2 is 2.15 bits per heavy atom. The van der Waals surface area contributed by atoms with Gasteiger partial charge >= 0.3 is 6.03 Å². The van der Waals surface area contributed by atoms with Crippen LogP contribution in [0.25, 0.3) is 10.9 Å². The van der Waals surface area contributed by atoms with Crippen LogP contribution in [-0.2, 0) is 9.59 Å². The van der Waals surface area contributed by atoms with Crippen molar-refractivity contribution in [1.82, 2.24) is 15.2 Å². The molecule has 1 saturated carbocycles. The molecule has 4 rings (SSSR count). The third kappa shape index (κ3) is 2.93.